The van der Waals surface area contributed by atoms with Crippen LogP contribution in [0.2, 0.25) is 0 Å². The number of nitrogens with zero attached hydrogens (tertiary/aromatic N) is 1. The molecule has 0 spiro atoms. The summed E-state index contributed by atoms with van der Waals surface area (Å²) in [5, 5.41) is 8.08. The van der Waals surface area contributed by atoms with E-state index in [1.807, 2.05) is 12.2 Å². The molecule has 4 rings (SSSR count). The third-order valence-electron chi connectivity index (χ3n) is 4.79. The first-order valence-corrected chi connectivity index (χ1v) is 8.41. The standard InChI is InChI=1S/C23H21N/c1-3-14-24(15-4-2)16-20-11-10-19-9-8-17-6-5-7-18-12-13-21(20)23(19)22(17)18/h3-13H,1-2,14-16H2. The van der Waals surface area contributed by atoms with Crippen LogP contribution in [0.25, 0.3) is 32.3 Å². The molecule has 0 atom stereocenters. The minimum absolute atomic E-state index is 0.869. The Morgan fingerprint density at radius 3 is 1.96 bits per heavy atom. The summed E-state index contributed by atoms with van der Waals surface area (Å²) in [4.78, 5) is 2.35. The lowest BCUT2D eigenvalue weighted by molar-refractivity contribution is 0.329. The Balaban J connectivity index is 1.93. The molecule has 0 saturated heterocycles. The van der Waals surface area contributed by atoms with Gasteiger partial charge in [-0.25, -0.2) is 0 Å². The average Bonchev–Trinajstić information content (AvgIpc) is 2.61. The van der Waals surface area contributed by atoms with Gasteiger partial charge in [0.1, 0.15) is 0 Å². The largest absolute Gasteiger partial charge is 0.292 e. The lowest BCUT2D eigenvalue weighted by atomic mass is 9.92. The fraction of sp³-hybridized carbons (Fsp3) is 0.130. The molecule has 0 unspecified atom stereocenters. The molecule has 0 amide bonds. The molecule has 0 aliphatic heterocycles. The van der Waals surface area contributed by atoms with E-state index in [2.05, 4.69) is 72.7 Å². The maximum Gasteiger partial charge on any atom is 0.0246 e. The molecule has 0 aliphatic carbocycles. The van der Waals surface area contributed by atoms with Gasteiger partial charge in [0.05, 0.1) is 0 Å². The van der Waals surface area contributed by atoms with Gasteiger partial charge in [-0.2, -0.15) is 0 Å². The summed E-state index contributed by atoms with van der Waals surface area (Å²) in [6, 6.07) is 20.1. The summed E-state index contributed by atoms with van der Waals surface area (Å²) in [5.74, 6) is 0. The van der Waals surface area contributed by atoms with Crippen LogP contribution >= 0.6 is 0 Å². The van der Waals surface area contributed by atoms with E-state index >= 15 is 0 Å². The van der Waals surface area contributed by atoms with Crippen molar-refractivity contribution >= 4 is 32.3 Å². The van der Waals surface area contributed by atoms with Crippen LogP contribution in [-0.4, -0.2) is 18.0 Å². The Morgan fingerprint density at radius 2 is 1.29 bits per heavy atom. The highest BCUT2D eigenvalue weighted by atomic mass is 15.1. The van der Waals surface area contributed by atoms with Crippen molar-refractivity contribution in [1.29, 1.82) is 0 Å². The smallest absolute Gasteiger partial charge is 0.0246 e. The zero-order valence-corrected chi connectivity index (χ0v) is 13.8. The second kappa shape index (κ2) is 6.10. The second-order valence-electron chi connectivity index (χ2n) is 6.35. The van der Waals surface area contributed by atoms with Crippen molar-refractivity contribution in [3.8, 4) is 0 Å². The van der Waals surface area contributed by atoms with E-state index in [-0.39, 0.29) is 0 Å². The first-order valence-electron chi connectivity index (χ1n) is 8.41. The summed E-state index contributed by atoms with van der Waals surface area (Å²) in [6.45, 7) is 10.4. The maximum atomic E-state index is 3.88. The van der Waals surface area contributed by atoms with Crippen LogP contribution in [0, 0.1) is 0 Å². The van der Waals surface area contributed by atoms with E-state index in [0.717, 1.165) is 19.6 Å². The van der Waals surface area contributed by atoms with Crippen molar-refractivity contribution in [2.75, 3.05) is 13.1 Å². The maximum absolute atomic E-state index is 3.88. The number of rotatable bonds is 6. The fourth-order valence-corrected chi connectivity index (χ4v) is 3.74. The molecule has 24 heavy (non-hydrogen) atoms. The lowest BCUT2D eigenvalue weighted by Gasteiger charge is -2.21. The SMILES string of the molecule is C=CCN(CC=C)Cc1ccc2ccc3cccc4ccc1c2c34. The summed E-state index contributed by atoms with van der Waals surface area (Å²) < 4.78 is 0. The summed E-state index contributed by atoms with van der Waals surface area (Å²) in [5.41, 5.74) is 1.37. The molecular formula is C23H21N. The topological polar surface area (TPSA) is 3.24 Å². The second-order valence-corrected chi connectivity index (χ2v) is 6.35. The van der Waals surface area contributed by atoms with Crippen LogP contribution in [0.4, 0.5) is 0 Å². The minimum atomic E-state index is 0.869. The van der Waals surface area contributed by atoms with E-state index in [0.29, 0.717) is 0 Å². The fourth-order valence-electron chi connectivity index (χ4n) is 3.74. The highest BCUT2D eigenvalue weighted by Gasteiger charge is 2.12. The molecule has 0 fully saturated rings. The molecule has 0 saturated carbocycles. The molecule has 1 nitrogen and oxygen atoms in total. The Labute approximate surface area is 142 Å². The van der Waals surface area contributed by atoms with Crippen LogP contribution in [-0.2, 0) is 6.54 Å². The zero-order chi connectivity index (χ0) is 16.5. The highest BCUT2D eigenvalue weighted by molar-refractivity contribution is 6.23. The average molecular weight is 311 g/mol. The zero-order valence-electron chi connectivity index (χ0n) is 13.8. The molecule has 0 aromatic heterocycles. The summed E-state index contributed by atoms with van der Waals surface area (Å²) in [7, 11) is 0. The summed E-state index contributed by atoms with van der Waals surface area (Å²) >= 11 is 0. The van der Waals surface area contributed by atoms with Crippen molar-refractivity contribution in [3.63, 3.8) is 0 Å². The van der Waals surface area contributed by atoms with E-state index in [1.165, 1.54) is 37.9 Å². The predicted octanol–water partition coefficient (Wildman–Crippen LogP) is 5.76. The first-order chi connectivity index (χ1) is 11.8. The van der Waals surface area contributed by atoms with Crippen molar-refractivity contribution in [3.05, 3.63) is 85.5 Å². The van der Waals surface area contributed by atoms with Crippen molar-refractivity contribution in [2.24, 2.45) is 0 Å². The van der Waals surface area contributed by atoms with Crippen molar-refractivity contribution in [2.45, 2.75) is 6.54 Å². The normalized spacial score (nSPS) is 11.7. The molecule has 118 valence electrons. The van der Waals surface area contributed by atoms with E-state index in [1.54, 1.807) is 0 Å². The summed E-state index contributed by atoms with van der Waals surface area (Å²) in [6.07, 6.45) is 3.92. The van der Waals surface area contributed by atoms with E-state index < -0.39 is 0 Å². The molecular weight excluding hydrogens is 290 g/mol. The van der Waals surface area contributed by atoms with Gasteiger partial charge in [-0.05, 0) is 37.9 Å². The monoisotopic (exact) mass is 311 g/mol. The van der Waals surface area contributed by atoms with Gasteiger partial charge in [-0.15, -0.1) is 13.2 Å². The van der Waals surface area contributed by atoms with Crippen LogP contribution in [0.5, 0.6) is 0 Å². The molecule has 1 heteroatoms. The van der Waals surface area contributed by atoms with Crippen LogP contribution in [0.15, 0.2) is 79.9 Å². The number of hydrogen-bond donors (Lipinski definition) is 0. The molecule has 0 aliphatic rings. The quantitative estimate of drug-likeness (QED) is 0.323. The van der Waals surface area contributed by atoms with Gasteiger partial charge in [0, 0.05) is 19.6 Å². The van der Waals surface area contributed by atoms with Gasteiger partial charge in [-0.3, -0.25) is 4.90 Å². The number of benzene rings is 4. The van der Waals surface area contributed by atoms with Gasteiger partial charge in [0.25, 0.3) is 0 Å². The molecule has 0 radical (unpaired) electrons. The molecule has 0 N–H and O–H groups in total. The van der Waals surface area contributed by atoms with Gasteiger partial charge >= 0.3 is 0 Å². The molecule has 4 aromatic carbocycles. The van der Waals surface area contributed by atoms with Crippen LogP contribution < -0.4 is 0 Å². The third-order valence-corrected chi connectivity index (χ3v) is 4.79. The van der Waals surface area contributed by atoms with Crippen LogP contribution in [0.3, 0.4) is 0 Å². The van der Waals surface area contributed by atoms with Crippen molar-refractivity contribution in [1.82, 2.24) is 4.90 Å². The predicted molar refractivity (Wildman–Crippen MR) is 106 cm³/mol. The van der Waals surface area contributed by atoms with Crippen molar-refractivity contribution < 1.29 is 0 Å². The van der Waals surface area contributed by atoms with Gasteiger partial charge < -0.3 is 0 Å². The molecule has 0 bridgehead atoms. The minimum Gasteiger partial charge on any atom is -0.292 e. The van der Waals surface area contributed by atoms with Gasteiger partial charge in [0.2, 0.25) is 0 Å². The number of hydrogen-bond acceptors (Lipinski definition) is 1. The molecule has 0 heterocycles. The highest BCUT2D eigenvalue weighted by Crippen LogP contribution is 2.36. The van der Waals surface area contributed by atoms with Crippen LogP contribution in [0.1, 0.15) is 5.56 Å². The Hall–Kier alpha value is -2.64. The Kier molecular flexibility index (Phi) is 3.79. The van der Waals surface area contributed by atoms with E-state index in [9.17, 15) is 0 Å². The molecule has 4 aromatic rings. The van der Waals surface area contributed by atoms with Gasteiger partial charge in [-0.1, -0.05) is 66.7 Å². The Morgan fingerprint density at radius 1 is 0.708 bits per heavy atom. The first kappa shape index (κ1) is 14.9. The van der Waals surface area contributed by atoms with Gasteiger partial charge in [0.15, 0.2) is 0 Å². The third kappa shape index (κ3) is 2.38. The Bertz CT molecular complexity index is 1000. The van der Waals surface area contributed by atoms with E-state index in [4.69, 9.17) is 0 Å². The lowest BCUT2D eigenvalue weighted by Crippen LogP contribution is -2.23.